The van der Waals surface area contributed by atoms with E-state index in [1.165, 1.54) is 6.20 Å². The van der Waals surface area contributed by atoms with Crippen LogP contribution in [0.1, 0.15) is 80.6 Å². The number of unbranched alkanes of at least 4 members (excludes halogenated alkanes) is 3. The SMILES string of the molecule is CCC(C)(C(C)(C)C)C(C)(C)C(=O)OCCCCCCOc1cncc2oc(=O)c(-c3ccccc3)cc12. The number of carbonyl (C=O) groups excluding carboxylic acids is 1. The molecule has 0 fully saturated rings. The molecule has 0 bridgehead atoms. The molecule has 0 amide bonds. The van der Waals surface area contributed by atoms with E-state index < -0.39 is 11.0 Å². The summed E-state index contributed by atoms with van der Waals surface area (Å²) >= 11 is 0. The predicted molar refractivity (Wildman–Crippen MR) is 152 cm³/mol. The standard InChI is InChI=1S/C32H43NO5/c1-8-32(7,30(2,3)4)31(5,6)29(35)37-19-15-10-9-14-18-36-26-21-33-22-27-25(26)20-24(28(34)38-27)23-16-12-11-13-17-23/h11-13,16-17,20-22H,8-10,14-15,18-19H2,1-7H3. The summed E-state index contributed by atoms with van der Waals surface area (Å²) in [7, 11) is 0. The second-order valence-electron chi connectivity index (χ2n) is 11.8. The van der Waals surface area contributed by atoms with Gasteiger partial charge >= 0.3 is 11.6 Å². The number of nitrogens with zero attached hydrogens (tertiary/aromatic N) is 1. The van der Waals surface area contributed by atoms with Crippen LogP contribution in [0.2, 0.25) is 0 Å². The molecular weight excluding hydrogens is 478 g/mol. The molecule has 0 radical (unpaired) electrons. The molecule has 2 heterocycles. The Morgan fingerprint density at radius 1 is 0.921 bits per heavy atom. The van der Waals surface area contributed by atoms with Gasteiger partial charge in [-0.2, -0.15) is 0 Å². The van der Waals surface area contributed by atoms with Crippen LogP contribution < -0.4 is 10.4 Å². The molecule has 0 aliphatic rings. The van der Waals surface area contributed by atoms with E-state index in [1.807, 2.05) is 50.2 Å². The Bertz CT molecular complexity index is 1270. The molecule has 0 N–H and O–H groups in total. The maximum atomic E-state index is 13.0. The summed E-state index contributed by atoms with van der Waals surface area (Å²) < 4.78 is 17.2. The second kappa shape index (κ2) is 12.1. The van der Waals surface area contributed by atoms with Crippen LogP contribution >= 0.6 is 0 Å². The lowest BCUT2D eigenvalue weighted by Gasteiger charge is -2.51. The Labute approximate surface area is 226 Å². The summed E-state index contributed by atoms with van der Waals surface area (Å²) in [5.74, 6) is 0.475. The van der Waals surface area contributed by atoms with E-state index in [2.05, 4.69) is 39.6 Å². The molecule has 0 aliphatic carbocycles. The first-order valence-electron chi connectivity index (χ1n) is 13.7. The van der Waals surface area contributed by atoms with Crippen molar-refractivity contribution in [3.63, 3.8) is 0 Å². The number of fused-ring (bicyclic) bond motifs is 1. The average molecular weight is 522 g/mol. The quantitative estimate of drug-likeness (QED) is 0.178. The summed E-state index contributed by atoms with van der Waals surface area (Å²) in [5.41, 5.74) is 0.543. The molecule has 1 atom stereocenters. The zero-order chi connectivity index (χ0) is 28.0. The third-order valence-corrected chi connectivity index (χ3v) is 8.49. The minimum absolute atomic E-state index is 0.0155. The first-order chi connectivity index (χ1) is 17.9. The Balaban J connectivity index is 1.48. The Morgan fingerprint density at radius 3 is 2.21 bits per heavy atom. The zero-order valence-corrected chi connectivity index (χ0v) is 24.1. The van der Waals surface area contributed by atoms with E-state index in [9.17, 15) is 9.59 Å². The molecule has 38 heavy (non-hydrogen) atoms. The fraction of sp³-hybridized carbons (Fsp3) is 0.531. The molecule has 1 aromatic carbocycles. The number of aromatic nitrogens is 1. The number of benzene rings is 1. The van der Waals surface area contributed by atoms with Crippen LogP contribution in [0.5, 0.6) is 5.75 Å². The van der Waals surface area contributed by atoms with E-state index in [0.29, 0.717) is 30.1 Å². The fourth-order valence-corrected chi connectivity index (χ4v) is 5.17. The normalized spacial score (nSPS) is 13.8. The van der Waals surface area contributed by atoms with Crippen LogP contribution in [0.25, 0.3) is 22.1 Å². The third-order valence-electron chi connectivity index (χ3n) is 8.49. The van der Waals surface area contributed by atoms with Crippen molar-refractivity contribution >= 4 is 16.9 Å². The minimum Gasteiger partial charge on any atom is -0.491 e. The Hall–Kier alpha value is -3.15. The van der Waals surface area contributed by atoms with Crippen molar-refractivity contribution in [1.82, 2.24) is 4.98 Å². The smallest absolute Gasteiger partial charge is 0.344 e. The summed E-state index contributed by atoms with van der Waals surface area (Å²) in [6.45, 7) is 15.9. The van der Waals surface area contributed by atoms with Gasteiger partial charge in [-0.05, 0) is 68.4 Å². The lowest BCUT2D eigenvalue weighted by Crippen LogP contribution is -2.50. The van der Waals surface area contributed by atoms with Gasteiger partial charge in [0.15, 0.2) is 5.58 Å². The first kappa shape index (κ1) is 29.4. The van der Waals surface area contributed by atoms with Gasteiger partial charge in [0, 0.05) is 0 Å². The molecule has 1 unspecified atom stereocenters. The van der Waals surface area contributed by atoms with Gasteiger partial charge in [-0.1, -0.05) is 65.0 Å². The highest BCUT2D eigenvalue weighted by molar-refractivity contribution is 5.86. The fourth-order valence-electron chi connectivity index (χ4n) is 5.17. The van der Waals surface area contributed by atoms with Gasteiger partial charge in [0.05, 0.1) is 42.0 Å². The van der Waals surface area contributed by atoms with Crippen molar-refractivity contribution in [2.45, 2.75) is 80.6 Å². The molecule has 206 valence electrons. The second-order valence-corrected chi connectivity index (χ2v) is 11.8. The molecule has 3 rings (SSSR count). The van der Waals surface area contributed by atoms with E-state index >= 15 is 0 Å². The van der Waals surface area contributed by atoms with E-state index in [4.69, 9.17) is 13.9 Å². The van der Waals surface area contributed by atoms with Gasteiger partial charge in [-0.25, -0.2) is 4.79 Å². The van der Waals surface area contributed by atoms with Crippen LogP contribution in [0.4, 0.5) is 0 Å². The van der Waals surface area contributed by atoms with Gasteiger partial charge in [-0.15, -0.1) is 0 Å². The molecule has 6 heteroatoms. The Kier molecular flexibility index (Phi) is 9.40. The van der Waals surface area contributed by atoms with Crippen molar-refractivity contribution in [2.75, 3.05) is 13.2 Å². The van der Waals surface area contributed by atoms with Crippen molar-refractivity contribution in [1.29, 1.82) is 0 Å². The van der Waals surface area contributed by atoms with Gasteiger partial charge in [0.25, 0.3) is 0 Å². The molecule has 3 aromatic rings. The van der Waals surface area contributed by atoms with Crippen LogP contribution in [0.15, 0.2) is 58.0 Å². The van der Waals surface area contributed by atoms with E-state index in [1.54, 1.807) is 6.20 Å². The maximum Gasteiger partial charge on any atom is 0.344 e. The predicted octanol–water partition coefficient (Wildman–Crippen LogP) is 7.83. The largest absolute Gasteiger partial charge is 0.491 e. The van der Waals surface area contributed by atoms with Crippen LogP contribution in [0.3, 0.4) is 0 Å². The zero-order valence-electron chi connectivity index (χ0n) is 24.1. The number of pyridine rings is 1. The van der Waals surface area contributed by atoms with Gasteiger partial charge in [0.2, 0.25) is 0 Å². The number of hydrogen-bond acceptors (Lipinski definition) is 6. The molecule has 0 spiro atoms. The molecule has 0 saturated heterocycles. The third kappa shape index (κ3) is 6.28. The monoisotopic (exact) mass is 521 g/mol. The number of rotatable bonds is 12. The van der Waals surface area contributed by atoms with Crippen LogP contribution in [-0.4, -0.2) is 24.2 Å². The first-order valence-corrected chi connectivity index (χ1v) is 13.7. The summed E-state index contributed by atoms with van der Waals surface area (Å²) in [6, 6.07) is 11.3. The van der Waals surface area contributed by atoms with Crippen LogP contribution in [0, 0.1) is 16.2 Å². The van der Waals surface area contributed by atoms with E-state index in [0.717, 1.165) is 43.1 Å². The van der Waals surface area contributed by atoms with Crippen molar-refractivity contribution in [2.24, 2.45) is 16.2 Å². The topological polar surface area (TPSA) is 78.6 Å². The molecular formula is C32H43NO5. The van der Waals surface area contributed by atoms with Crippen molar-refractivity contribution < 1.29 is 18.7 Å². The summed E-state index contributed by atoms with van der Waals surface area (Å²) in [4.78, 5) is 29.6. The van der Waals surface area contributed by atoms with E-state index in [-0.39, 0.29) is 16.8 Å². The highest BCUT2D eigenvalue weighted by atomic mass is 16.5. The van der Waals surface area contributed by atoms with Crippen LogP contribution in [-0.2, 0) is 9.53 Å². The van der Waals surface area contributed by atoms with Gasteiger partial charge < -0.3 is 13.9 Å². The molecule has 2 aromatic heterocycles. The molecule has 6 nitrogen and oxygen atoms in total. The highest BCUT2D eigenvalue weighted by Gasteiger charge is 2.52. The number of carbonyl (C=O) groups is 1. The summed E-state index contributed by atoms with van der Waals surface area (Å²) in [6.07, 6.45) is 7.67. The average Bonchev–Trinajstić information content (AvgIpc) is 2.88. The lowest BCUT2D eigenvalue weighted by atomic mass is 9.53. The van der Waals surface area contributed by atoms with Gasteiger partial charge in [-0.3, -0.25) is 9.78 Å². The molecule has 0 saturated carbocycles. The number of ether oxygens (including phenoxy) is 2. The molecule has 0 aliphatic heterocycles. The lowest BCUT2D eigenvalue weighted by molar-refractivity contribution is -0.169. The highest BCUT2D eigenvalue weighted by Crippen LogP contribution is 2.54. The van der Waals surface area contributed by atoms with Crippen molar-refractivity contribution in [3.8, 4) is 16.9 Å². The maximum absolute atomic E-state index is 13.0. The minimum atomic E-state index is -0.570. The van der Waals surface area contributed by atoms with Gasteiger partial charge in [0.1, 0.15) is 5.75 Å². The summed E-state index contributed by atoms with van der Waals surface area (Å²) in [5, 5.41) is 0.724. The van der Waals surface area contributed by atoms with Crippen molar-refractivity contribution in [3.05, 3.63) is 59.2 Å². The number of hydrogen-bond donors (Lipinski definition) is 0. The number of esters is 1. The Morgan fingerprint density at radius 2 is 1.58 bits per heavy atom.